The Balaban J connectivity index is 2.92. The summed E-state index contributed by atoms with van der Waals surface area (Å²) in [5.41, 5.74) is -0.504. The van der Waals surface area contributed by atoms with Crippen molar-refractivity contribution in [2.45, 2.75) is 68.0 Å². The Morgan fingerprint density at radius 3 is 1.83 bits per heavy atom. The fourth-order valence-electron chi connectivity index (χ4n) is 2.51. The predicted molar refractivity (Wildman–Crippen MR) is 73.0 cm³/mol. The van der Waals surface area contributed by atoms with E-state index in [1.54, 1.807) is 0 Å². The topological polar surface area (TPSA) is 90.2 Å². The second-order valence-electron chi connectivity index (χ2n) is 5.35. The molecule has 18 heavy (non-hydrogen) atoms. The zero-order valence-electron chi connectivity index (χ0n) is 11.4. The summed E-state index contributed by atoms with van der Waals surface area (Å²) in [7, 11) is -0.669. The van der Waals surface area contributed by atoms with Crippen LogP contribution in [-0.4, -0.2) is 67.4 Å². The van der Waals surface area contributed by atoms with Crippen LogP contribution in [0.15, 0.2) is 0 Å². The average Bonchev–Trinajstić information content (AvgIpc) is 2.28. The summed E-state index contributed by atoms with van der Waals surface area (Å²) in [5, 5.41) is 39.5. The van der Waals surface area contributed by atoms with E-state index in [0.29, 0.717) is 10.5 Å². The molecule has 0 aromatic rings. The van der Waals surface area contributed by atoms with Crippen LogP contribution in [0, 0.1) is 0 Å². The zero-order valence-corrected chi connectivity index (χ0v) is 12.3. The molecular weight excluding hydrogens is 256 g/mol. The normalized spacial score (nSPS) is 38.3. The van der Waals surface area contributed by atoms with E-state index >= 15 is 0 Å². The summed E-state index contributed by atoms with van der Waals surface area (Å²) in [6.45, 7) is 7.89. The molecule has 0 amide bonds. The highest BCUT2D eigenvalue weighted by Gasteiger charge is 2.46. The molecule has 1 rings (SSSR count). The third kappa shape index (κ3) is 3.18. The summed E-state index contributed by atoms with van der Waals surface area (Å²) in [4.78, 5) is 0. The van der Waals surface area contributed by atoms with Crippen molar-refractivity contribution >= 4 is 10.9 Å². The van der Waals surface area contributed by atoms with E-state index in [1.807, 2.05) is 0 Å². The van der Waals surface area contributed by atoms with Gasteiger partial charge in [-0.1, -0.05) is 27.7 Å². The first-order valence-corrected chi connectivity index (χ1v) is 7.94. The highest BCUT2D eigenvalue weighted by atomic mass is 32.2. The van der Waals surface area contributed by atoms with Crippen LogP contribution in [0.5, 0.6) is 0 Å². The Hall–Kier alpha value is 0.150. The summed E-state index contributed by atoms with van der Waals surface area (Å²) in [5.74, 6) is 0. The van der Waals surface area contributed by atoms with Crippen molar-refractivity contribution in [3.8, 4) is 0 Å². The second-order valence-corrected chi connectivity index (χ2v) is 8.82. The van der Waals surface area contributed by atoms with E-state index in [2.05, 4.69) is 27.7 Å². The monoisotopic (exact) mass is 282 g/mol. The third-order valence-corrected chi connectivity index (χ3v) is 6.75. The molecule has 1 aliphatic rings. The van der Waals surface area contributed by atoms with Crippen molar-refractivity contribution in [3.63, 3.8) is 0 Å². The maximum Gasteiger partial charge on any atom is 0.116 e. The maximum atomic E-state index is 10.1. The van der Waals surface area contributed by atoms with Gasteiger partial charge in [-0.2, -0.15) is 0 Å². The molecule has 1 heterocycles. The lowest BCUT2D eigenvalue weighted by Crippen LogP contribution is -2.59. The van der Waals surface area contributed by atoms with Crippen molar-refractivity contribution in [1.29, 1.82) is 0 Å². The van der Waals surface area contributed by atoms with Crippen LogP contribution in [0.25, 0.3) is 0 Å². The number of ether oxygens (including phenoxy) is 1. The summed E-state index contributed by atoms with van der Waals surface area (Å²) < 4.78 is 5.63. The zero-order chi connectivity index (χ0) is 14.0. The van der Waals surface area contributed by atoms with Gasteiger partial charge in [0.1, 0.15) is 29.9 Å². The number of aliphatic hydroxyl groups excluding tert-OH is 4. The summed E-state index contributed by atoms with van der Waals surface area (Å²) in [6.07, 6.45) is -4.42. The van der Waals surface area contributed by atoms with Gasteiger partial charge in [0.25, 0.3) is 0 Å². The van der Waals surface area contributed by atoms with Gasteiger partial charge in [-0.3, -0.25) is 0 Å². The first-order valence-electron chi connectivity index (χ1n) is 6.39. The van der Waals surface area contributed by atoms with Gasteiger partial charge >= 0.3 is 0 Å². The molecular formula is C12H26O5S. The number of aliphatic hydroxyl groups is 4. The van der Waals surface area contributed by atoms with Crippen LogP contribution < -0.4 is 0 Å². The van der Waals surface area contributed by atoms with Gasteiger partial charge in [0.05, 0.1) is 6.61 Å². The predicted octanol–water partition coefficient (Wildman–Crippen LogP) is -0.396. The lowest BCUT2D eigenvalue weighted by molar-refractivity contribution is -0.206. The first kappa shape index (κ1) is 16.2. The Morgan fingerprint density at radius 2 is 1.44 bits per heavy atom. The second kappa shape index (κ2) is 6.54. The van der Waals surface area contributed by atoms with Gasteiger partial charge in [0, 0.05) is 0 Å². The van der Waals surface area contributed by atoms with Gasteiger partial charge in [-0.05, 0) is 10.5 Å². The summed E-state index contributed by atoms with van der Waals surface area (Å²) in [6, 6.07) is 0. The average molecular weight is 282 g/mol. The number of hydrogen-bond acceptors (Lipinski definition) is 5. The molecule has 0 aromatic heterocycles. The molecule has 0 bridgehead atoms. The minimum Gasteiger partial charge on any atom is -0.394 e. The minimum atomic E-state index is -1.26. The van der Waals surface area contributed by atoms with Gasteiger partial charge in [0.2, 0.25) is 0 Å². The van der Waals surface area contributed by atoms with Gasteiger partial charge in [-0.25, -0.2) is 10.9 Å². The van der Waals surface area contributed by atoms with E-state index in [4.69, 9.17) is 4.74 Å². The maximum absolute atomic E-state index is 10.1. The molecule has 0 aromatic carbocycles. The molecule has 1 saturated heterocycles. The lowest BCUT2D eigenvalue weighted by atomic mass is 10.0. The largest absolute Gasteiger partial charge is 0.394 e. The van der Waals surface area contributed by atoms with Gasteiger partial charge in [-0.15, -0.1) is 0 Å². The number of hydrogen-bond donors (Lipinski definition) is 5. The van der Waals surface area contributed by atoms with Gasteiger partial charge < -0.3 is 25.2 Å². The Bertz CT molecular complexity index is 251. The van der Waals surface area contributed by atoms with Crippen molar-refractivity contribution in [3.05, 3.63) is 0 Å². The van der Waals surface area contributed by atoms with Crippen LogP contribution in [-0.2, 0) is 4.74 Å². The van der Waals surface area contributed by atoms with E-state index in [0.717, 1.165) is 0 Å². The number of rotatable bonds is 4. The van der Waals surface area contributed by atoms with Gasteiger partial charge in [0.15, 0.2) is 0 Å². The molecule has 110 valence electrons. The smallest absolute Gasteiger partial charge is 0.116 e. The Kier molecular flexibility index (Phi) is 5.89. The third-order valence-electron chi connectivity index (χ3n) is 3.35. The molecule has 1 unspecified atom stereocenters. The molecule has 4 N–H and O–H groups in total. The quantitative estimate of drug-likeness (QED) is 0.453. The van der Waals surface area contributed by atoms with Crippen LogP contribution >= 0.6 is 10.9 Å². The Morgan fingerprint density at radius 1 is 0.944 bits per heavy atom. The van der Waals surface area contributed by atoms with Crippen LogP contribution in [0.4, 0.5) is 0 Å². The lowest BCUT2D eigenvalue weighted by Gasteiger charge is -2.47. The molecule has 1 aliphatic heterocycles. The molecule has 5 atom stereocenters. The molecule has 0 saturated carbocycles. The van der Waals surface area contributed by atoms with Crippen LogP contribution in [0.2, 0.25) is 0 Å². The van der Waals surface area contributed by atoms with E-state index in [1.165, 1.54) is 0 Å². The van der Waals surface area contributed by atoms with Crippen molar-refractivity contribution in [1.82, 2.24) is 0 Å². The Labute approximate surface area is 111 Å². The molecule has 0 spiro atoms. The molecule has 5 nitrogen and oxygen atoms in total. The molecule has 0 aliphatic carbocycles. The molecule has 1 fully saturated rings. The first-order chi connectivity index (χ1) is 8.31. The minimum absolute atomic E-state index is 0.335. The van der Waals surface area contributed by atoms with Crippen molar-refractivity contribution < 1.29 is 25.2 Å². The van der Waals surface area contributed by atoms with E-state index in [9.17, 15) is 20.4 Å². The van der Waals surface area contributed by atoms with Crippen molar-refractivity contribution in [2.75, 3.05) is 6.61 Å². The fourth-order valence-corrected chi connectivity index (χ4v) is 5.71. The highest BCUT2D eigenvalue weighted by molar-refractivity contribution is 8.18. The van der Waals surface area contributed by atoms with Crippen LogP contribution in [0.1, 0.15) is 27.7 Å². The van der Waals surface area contributed by atoms with E-state index < -0.39 is 40.7 Å². The van der Waals surface area contributed by atoms with Crippen LogP contribution in [0.3, 0.4) is 0 Å². The molecule has 6 heteroatoms. The number of thiol groups is 1. The molecule has 0 radical (unpaired) electrons. The SMILES string of the molecule is CC(C)[SH](C(C)C)C1O[C@H](CO)[C@H](O)[C@H](O)[C@H]1O. The fraction of sp³-hybridized carbons (Fsp3) is 1.00. The standard InChI is InChI=1S/C12H26O5S/c1-6(2)18(7(3)4)12-11(16)10(15)9(14)8(5-13)17-12/h6-16,18H,5H2,1-4H3/t8-,9+,10+,11-,12?/m1/s1. The summed E-state index contributed by atoms with van der Waals surface area (Å²) >= 11 is 0. The van der Waals surface area contributed by atoms with E-state index in [-0.39, 0.29) is 6.61 Å². The highest BCUT2D eigenvalue weighted by Crippen LogP contribution is 2.46. The van der Waals surface area contributed by atoms with Crippen molar-refractivity contribution in [2.24, 2.45) is 0 Å².